The molecule has 0 radical (unpaired) electrons. The van der Waals surface area contributed by atoms with Crippen LogP contribution in [-0.2, 0) is 20.7 Å². The minimum atomic E-state index is -0.493. The summed E-state index contributed by atoms with van der Waals surface area (Å²) in [6.45, 7) is 10.7. The van der Waals surface area contributed by atoms with E-state index in [-0.39, 0.29) is 31.8 Å². The second kappa shape index (κ2) is 12.5. The summed E-state index contributed by atoms with van der Waals surface area (Å²) in [6, 6.07) is 8.45. The first-order valence-electron chi connectivity index (χ1n) is 10.8. The van der Waals surface area contributed by atoms with Gasteiger partial charge in [-0.1, -0.05) is 43.2 Å². The maximum absolute atomic E-state index is 12.7. The summed E-state index contributed by atoms with van der Waals surface area (Å²) >= 11 is 0. The smallest absolute Gasteiger partial charge is 0.410 e. The van der Waals surface area contributed by atoms with Crippen LogP contribution in [0.4, 0.5) is 4.79 Å². The molecule has 1 atom stereocenters. The van der Waals surface area contributed by atoms with Gasteiger partial charge in [0.05, 0.1) is 11.7 Å². The topological polar surface area (TPSA) is 92.4 Å². The number of nitrogens with one attached hydrogen (secondary N) is 1. The Morgan fingerprint density at radius 3 is 2.44 bits per heavy atom. The summed E-state index contributed by atoms with van der Waals surface area (Å²) in [4.78, 5) is 39.3. The Balaban J connectivity index is 0.00000121. The van der Waals surface area contributed by atoms with Gasteiger partial charge in [0, 0.05) is 17.8 Å². The molecule has 0 aliphatic carbocycles. The fourth-order valence-electron chi connectivity index (χ4n) is 3.66. The van der Waals surface area contributed by atoms with Gasteiger partial charge in [0.25, 0.3) is 0 Å². The zero-order valence-corrected chi connectivity index (χ0v) is 20.7. The largest absolute Gasteiger partial charge is 0.444 e. The average Bonchev–Trinajstić information content (AvgIpc) is 3.33. The number of aryl methyl sites for hydroxylation is 2. The van der Waals surface area contributed by atoms with Gasteiger partial charge in [-0.05, 0) is 53.4 Å². The van der Waals surface area contributed by atoms with E-state index in [1.165, 1.54) is 5.56 Å². The Kier molecular flexibility index (Phi) is 10.7. The molecule has 0 saturated carbocycles. The van der Waals surface area contributed by atoms with Crippen LogP contribution in [0.15, 0.2) is 24.3 Å². The van der Waals surface area contributed by atoms with Crippen LogP contribution in [0.25, 0.3) is 11.3 Å². The summed E-state index contributed by atoms with van der Waals surface area (Å²) in [5, 5.41) is 0. The summed E-state index contributed by atoms with van der Waals surface area (Å²) in [5.74, 6) is 0.880. The number of aromatic nitrogens is 2. The summed E-state index contributed by atoms with van der Waals surface area (Å²) in [6.07, 6.45) is 5.09. The predicted molar refractivity (Wildman–Crippen MR) is 128 cm³/mol. The third-order valence-corrected chi connectivity index (χ3v) is 5.10. The first-order chi connectivity index (χ1) is 14.7. The molecule has 176 valence electrons. The molecular formula is C24H35N3O4S. The highest BCUT2D eigenvalue weighted by Gasteiger charge is 2.35. The van der Waals surface area contributed by atoms with Crippen LogP contribution < -0.4 is 0 Å². The molecule has 1 aliphatic heterocycles. The van der Waals surface area contributed by atoms with Crippen LogP contribution in [0.3, 0.4) is 0 Å². The van der Waals surface area contributed by atoms with E-state index in [1.807, 2.05) is 25.7 Å². The third-order valence-electron chi connectivity index (χ3n) is 5.10. The van der Waals surface area contributed by atoms with Crippen molar-refractivity contribution in [3.05, 3.63) is 41.3 Å². The number of imidazole rings is 1. The Morgan fingerprint density at radius 1 is 1.25 bits per heavy atom. The summed E-state index contributed by atoms with van der Waals surface area (Å²) < 4.78 is 5.62. The number of benzene rings is 1. The van der Waals surface area contributed by atoms with Crippen molar-refractivity contribution < 1.29 is 19.1 Å². The van der Waals surface area contributed by atoms with Gasteiger partial charge in [-0.15, -0.1) is 0 Å². The highest BCUT2D eigenvalue weighted by Crippen LogP contribution is 2.34. The maximum Gasteiger partial charge on any atom is 0.410 e. The number of ether oxygens (including phenoxy) is 1. The first-order valence-corrected chi connectivity index (χ1v) is 10.8. The van der Waals surface area contributed by atoms with E-state index in [1.54, 1.807) is 0 Å². The number of hydrogen-bond acceptors (Lipinski definition) is 5. The molecule has 0 unspecified atom stereocenters. The molecule has 2 aromatic rings. The minimum absolute atomic E-state index is 0. The fraction of sp³-hybridized carbons (Fsp3) is 0.542. The molecule has 1 fully saturated rings. The monoisotopic (exact) mass is 461 g/mol. The lowest BCUT2D eigenvalue weighted by molar-refractivity contribution is -0.191. The van der Waals surface area contributed by atoms with Crippen LogP contribution >= 0.6 is 13.5 Å². The van der Waals surface area contributed by atoms with Crippen molar-refractivity contribution in [1.29, 1.82) is 0 Å². The van der Waals surface area contributed by atoms with E-state index in [2.05, 4.69) is 43.1 Å². The number of carbonyl (C=O) groups excluding carboxylic acids is 3. The normalized spacial score (nSPS) is 15.3. The van der Waals surface area contributed by atoms with E-state index in [0.29, 0.717) is 6.54 Å². The summed E-state index contributed by atoms with van der Waals surface area (Å²) in [7, 11) is 0. The molecule has 7 nitrogen and oxygen atoms in total. The van der Waals surface area contributed by atoms with Crippen LogP contribution in [0.2, 0.25) is 0 Å². The van der Waals surface area contributed by atoms with Crippen LogP contribution in [0, 0.1) is 6.92 Å². The Morgan fingerprint density at radius 2 is 1.88 bits per heavy atom. The second-order valence-corrected chi connectivity index (χ2v) is 8.83. The van der Waals surface area contributed by atoms with Crippen molar-refractivity contribution in [3.63, 3.8) is 0 Å². The van der Waals surface area contributed by atoms with Gasteiger partial charge in [0.2, 0.25) is 0 Å². The lowest BCUT2D eigenvalue weighted by Gasteiger charge is -2.27. The van der Waals surface area contributed by atoms with Crippen molar-refractivity contribution in [1.82, 2.24) is 14.9 Å². The number of likely N-dealkylation sites (tertiary alicyclic amines) is 1. The second-order valence-electron chi connectivity index (χ2n) is 8.83. The van der Waals surface area contributed by atoms with Gasteiger partial charge in [0.15, 0.2) is 0 Å². The molecule has 1 N–H and O–H groups in total. The van der Waals surface area contributed by atoms with Gasteiger partial charge in [-0.25, -0.2) is 9.78 Å². The number of hydrogen-bond donors (Lipinski definition) is 1. The Bertz CT molecular complexity index is 897. The van der Waals surface area contributed by atoms with E-state index in [0.717, 1.165) is 54.9 Å². The van der Waals surface area contributed by atoms with Crippen molar-refractivity contribution in [3.8, 4) is 11.3 Å². The van der Waals surface area contributed by atoms with Crippen LogP contribution in [-0.4, -0.2) is 39.3 Å². The van der Waals surface area contributed by atoms with E-state index in [4.69, 9.17) is 19.3 Å². The van der Waals surface area contributed by atoms with Gasteiger partial charge < -0.3 is 9.72 Å². The van der Waals surface area contributed by atoms with Gasteiger partial charge in [-0.3, -0.25) is 4.90 Å². The Labute approximate surface area is 197 Å². The third kappa shape index (κ3) is 7.53. The van der Waals surface area contributed by atoms with Crippen molar-refractivity contribution in [2.75, 3.05) is 6.54 Å². The zero-order chi connectivity index (χ0) is 23.0. The molecule has 0 spiro atoms. The molecule has 0 bridgehead atoms. The molecule has 1 aliphatic rings. The molecule has 8 heteroatoms. The molecular weight excluding hydrogens is 426 g/mol. The van der Waals surface area contributed by atoms with Crippen LogP contribution in [0.5, 0.6) is 0 Å². The highest BCUT2D eigenvalue weighted by atomic mass is 32.1. The van der Waals surface area contributed by atoms with Gasteiger partial charge in [0.1, 0.15) is 11.4 Å². The SMILES string of the molecule is CCCCc1[nH]c([C@@H]2CCCN2C(=O)OC(C)(C)C)nc1-c1ccc(C)cc1.O=C=O.S. The van der Waals surface area contributed by atoms with E-state index < -0.39 is 5.60 Å². The Hall–Kier alpha value is -2.57. The van der Waals surface area contributed by atoms with Crippen molar-refractivity contribution in [2.45, 2.75) is 78.4 Å². The quantitative estimate of drug-likeness (QED) is 0.650. The lowest BCUT2D eigenvalue weighted by Crippen LogP contribution is -2.36. The first kappa shape index (κ1) is 27.5. The van der Waals surface area contributed by atoms with Crippen molar-refractivity contribution in [2.24, 2.45) is 0 Å². The number of carbonyl (C=O) groups is 1. The number of H-pyrrole nitrogens is 1. The number of rotatable bonds is 5. The highest BCUT2D eigenvalue weighted by molar-refractivity contribution is 7.59. The molecule has 2 heterocycles. The number of unbranched alkanes of at least 4 members (excludes halogenated alkanes) is 1. The maximum atomic E-state index is 12.7. The zero-order valence-electron chi connectivity index (χ0n) is 19.7. The van der Waals surface area contributed by atoms with E-state index >= 15 is 0 Å². The fourth-order valence-corrected chi connectivity index (χ4v) is 3.66. The molecule has 3 rings (SSSR count). The predicted octanol–water partition coefficient (Wildman–Crippen LogP) is 5.33. The van der Waals surface area contributed by atoms with Crippen molar-refractivity contribution >= 4 is 25.7 Å². The molecule has 1 aromatic carbocycles. The molecule has 32 heavy (non-hydrogen) atoms. The minimum Gasteiger partial charge on any atom is -0.444 e. The summed E-state index contributed by atoms with van der Waals surface area (Å²) in [5.41, 5.74) is 4.05. The van der Waals surface area contributed by atoms with E-state index in [9.17, 15) is 4.79 Å². The lowest BCUT2D eigenvalue weighted by atomic mass is 10.1. The van der Waals surface area contributed by atoms with Crippen LogP contribution in [0.1, 0.15) is 76.5 Å². The number of aromatic amines is 1. The number of nitrogens with zero attached hydrogens (tertiary/aromatic N) is 2. The molecule has 1 saturated heterocycles. The van der Waals surface area contributed by atoms with Gasteiger partial charge in [-0.2, -0.15) is 23.1 Å². The average molecular weight is 462 g/mol. The van der Waals surface area contributed by atoms with Gasteiger partial charge >= 0.3 is 12.2 Å². The number of amides is 1. The molecule has 1 amide bonds. The standard InChI is InChI=1S/C23H33N3O2.CO2.H2S/c1-6-7-9-18-20(17-13-11-16(2)12-14-17)25-21(24-18)19-10-8-15-26(19)22(27)28-23(3,4)5;2-1-3;/h11-14,19H,6-10,15H2,1-5H3,(H,24,25);;1H2/t19-;;/m0../s1. The molecule has 1 aromatic heterocycles.